The lowest BCUT2D eigenvalue weighted by molar-refractivity contribution is -0.359. The van der Waals surface area contributed by atoms with Crippen LogP contribution >= 0.6 is 34.8 Å². The first-order valence-electron chi connectivity index (χ1n) is 34.0. The Morgan fingerprint density at radius 3 is 0.836 bits per heavy atom. The molecule has 15 atom stereocenters. The predicted molar refractivity (Wildman–Crippen MR) is 384 cm³/mol. The Morgan fingerprint density at radius 2 is 0.527 bits per heavy atom. The van der Waals surface area contributed by atoms with Gasteiger partial charge in [0.1, 0.15) is 37.6 Å². The van der Waals surface area contributed by atoms with Gasteiger partial charge in [-0.25, -0.2) is 38.4 Å². The molecule has 27 nitrogen and oxygen atoms in total. The van der Waals surface area contributed by atoms with Crippen LogP contribution in [-0.4, -0.2) is 181 Å². The molecule has 8 aromatic rings. The fourth-order valence-electron chi connectivity index (χ4n) is 11.7. The van der Waals surface area contributed by atoms with E-state index in [1.807, 2.05) is 0 Å². The van der Waals surface area contributed by atoms with Gasteiger partial charge >= 0.3 is 59.7 Å². The minimum atomic E-state index is -2.74. The van der Waals surface area contributed by atoms with Crippen LogP contribution in [-0.2, 0) is 85.4 Å². The zero-order chi connectivity index (χ0) is 77.8. The second kappa shape index (κ2) is 37.6. The monoisotopic (exact) mass is 1560 g/mol. The maximum absolute atomic E-state index is 14.8. The van der Waals surface area contributed by atoms with Crippen LogP contribution < -0.4 is 0 Å². The molecule has 0 unspecified atom stereocenters. The number of hydrogen-bond acceptors (Lipinski definition) is 27. The molecule has 0 aliphatic carbocycles. The first kappa shape index (κ1) is 79.6. The molecule has 3 fully saturated rings. The highest BCUT2D eigenvalue weighted by Gasteiger charge is 2.60. The maximum atomic E-state index is 14.8. The summed E-state index contributed by atoms with van der Waals surface area (Å²) in [6, 6.07) is 59.8. The first-order valence-corrected chi connectivity index (χ1v) is 35.1. The fourth-order valence-corrected chi connectivity index (χ4v) is 11.9. The second-order valence-electron chi connectivity index (χ2n) is 24.5. The normalized spacial score (nSPS) is 23.5. The Hall–Kier alpha value is -11.4. The van der Waals surface area contributed by atoms with Crippen molar-refractivity contribution in [3.05, 3.63) is 287 Å². The Labute approximate surface area is 643 Å². The summed E-state index contributed by atoms with van der Waals surface area (Å²) in [4.78, 5) is 143. The van der Waals surface area contributed by atoms with Crippen LogP contribution in [0.2, 0.25) is 0 Å². The lowest BCUT2D eigenvalue weighted by atomic mass is 9.95. The van der Waals surface area contributed by atoms with Crippen molar-refractivity contribution in [2.24, 2.45) is 0 Å². The lowest BCUT2D eigenvalue weighted by Crippen LogP contribution is -2.68. The molecule has 8 aromatic carbocycles. The van der Waals surface area contributed by atoms with Gasteiger partial charge in [0.15, 0.2) is 61.4 Å². The molecule has 0 spiro atoms. The molecular weight excluding hydrogens is 1500 g/mol. The van der Waals surface area contributed by atoms with Gasteiger partial charge in [0, 0.05) is 13.8 Å². The standard InChI is InChI=1S/C80H68Cl3NO26/c1-46(85)98-59-58(45-97-76-65(107-74(93)54-39-23-9-24-40-54)62(105-72(91)52-35-19-7-20-36-52)60(103-70(89)50-31-15-5-16-32-50)56(100-76)43-95-68(87)48-27-11-3-12-28-48)102-78(110-79(84)80(81,82)83)66(99-47(2)86)64(59)109-77-67(108-75(94)55-41-25-10-26-42-55)63(106-73(92)53-37-21-8-22-38-53)61(104-71(90)51-33-17-6-18-34-51)57(101-77)44-96-69(88)49-29-13-4-14-30-49/h3-42,56-67,76-78,84H,43-45H2,1-2H3/t56-,57-,58-,59-,60-,61-,62+,63+,64+,65+,66+,67+,76+,77-,78-/m1/s1. The van der Waals surface area contributed by atoms with Gasteiger partial charge in [0.25, 0.3) is 3.79 Å². The Bertz CT molecular complexity index is 4500. The molecule has 3 saturated heterocycles. The van der Waals surface area contributed by atoms with Gasteiger partial charge in [-0.05, 0) is 97.1 Å². The number of esters is 10. The van der Waals surface area contributed by atoms with Crippen molar-refractivity contribution < 1.29 is 124 Å². The van der Waals surface area contributed by atoms with Crippen molar-refractivity contribution >= 4 is 100 Å². The molecule has 3 aliphatic rings. The molecule has 11 rings (SSSR count). The van der Waals surface area contributed by atoms with E-state index in [4.69, 9.17) is 116 Å². The SMILES string of the molecule is CC(=O)O[C@@H]1[C@@H](OC(=N)C(Cl)(Cl)Cl)O[C@H](CO[C@H]2O[C@H](COC(=O)c3ccccc3)[C@@H](OC(=O)c3ccccc3)[C@H](OC(=O)c3ccccc3)[C@@H]2OC(=O)c2ccccc2)[C@@H](OC(C)=O)[C@@H]1O[C@H]1O[C@H](COC(=O)c2ccccc2)[C@@H](OC(=O)c2ccccc2)[C@H](OC(=O)c2ccccc2)[C@@H]1OC(=O)c1ccccc1. The molecule has 30 heteroatoms. The van der Waals surface area contributed by atoms with Crippen molar-refractivity contribution in [3.8, 4) is 0 Å². The van der Waals surface area contributed by atoms with Gasteiger partial charge in [-0.15, -0.1) is 0 Å². The highest BCUT2D eigenvalue weighted by atomic mass is 35.6. The number of carbonyl (C=O) groups is 10. The number of hydrogen-bond donors (Lipinski definition) is 1. The number of carbonyl (C=O) groups excluding carboxylic acids is 10. The summed E-state index contributed by atoms with van der Waals surface area (Å²) in [6.07, 6.45) is -31.2. The zero-order valence-corrected chi connectivity index (χ0v) is 60.4. The van der Waals surface area contributed by atoms with Gasteiger partial charge in [0.05, 0.1) is 51.1 Å². The molecule has 0 amide bonds. The van der Waals surface area contributed by atoms with E-state index in [0.29, 0.717) is 0 Å². The third-order valence-electron chi connectivity index (χ3n) is 16.9. The molecule has 3 heterocycles. The van der Waals surface area contributed by atoms with E-state index >= 15 is 0 Å². The minimum absolute atomic E-state index is 0.0254. The molecular formula is C80H68Cl3NO26. The van der Waals surface area contributed by atoms with Gasteiger partial charge < -0.3 is 75.8 Å². The van der Waals surface area contributed by atoms with Crippen molar-refractivity contribution in [2.45, 2.75) is 110 Å². The quantitative estimate of drug-likeness (QED) is 0.0173. The Morgan fingerprint density at radius 1 is 0.291 bits per heavy atom. The third kappa shape index (κ3) is 20.9. The molecule has 110 heavy (non-hydrogen) atoms. The number of benzene rings is 8. The summed E-state index contributed by atoms with van der Waals surface area (Å²) < 4.78 is 98.1. The molecule has 0 aromatic heterocycles. The van der Waals surface area contributed by atoms with Crippen molar-refractivity contribution in [2.75, 3.05) is 19.8 Å². The van der Waals surface area contributed by atoms with Crippen LogP contribution in [0.25, 0.3) is 0 Å². The number of rotatable bonds is 26. The average molecular weight is 1570 g/mol. The van der Waals surface area contributed by atoms with E-state index < -0.39 is 181 Å². The Balaban J connectivity index is 1.05. The number of ether oxygens (including phenoxy) is 16. The van der Waals surface area contributed by atoms with Gasteiger partial charge in [-0.2, -0.15) is 0 Å². The van der Waals surface area contributed by atoms with Crippen LogP contribution in [0.15, 0.2) is 243 Å². The van der Waals surface area contributed by atoms with Gasteiger partial charge in [-0.3, -0.25) is 15.0 Å². The minimum Gasteiger partial charge on any atom is -0.459 e. The van der Waals surface area contributed by atoms with Crippen LogP contribution in [0.3, 0.4) is 0 Å². The highest BCUT2D eigenvalue weighted by Crippen LogP contribution is 2.40. The van der Waals surface area contributed by atoms with E-state index in [1.54, 1.807) is 72.8 Å². The van der Waals surface area contributed by atoms with Gasteiger partial charge in [-0.1, -0.05) is 180 Å². The number of nitrogens with one attached hydrogen (secondary N) is 1. The summed E-state index contributed by atoms with van der Waals surface area (Å²) in [5, 5.41) is 8.90. The maximum Gasteiger partial charge on any atom is 0.338 e. The Kier molecular flexibility index (Phi) is 27.2. The van der Waals surface area contributed by atoms with Crippen molar-refractivity contribution in [1.29, 1.82) is 5.41 Å². The summed E-state index contributed by atoms with van der Waals surface area (Å²) in [7, 11) is 0. The highest BCUT2D eigenvalue weighted by molar-refractivity contribution is 6.76. The summed E-state index contributed by atoms with van der Waals surface area (Å²) >= 11 is 18.8. The predicted octanol–water partition coefficient (Wildman–Crippen LogP) is 10.9. The smallest absolute Gasteiger partial charge is 0.338 e. The van der Waals surface area contributed by atoms with E-state index in [-0.39, 0.29) is 44.5 Å². The molecule has 1 N–H and O–H groups in total. The summed E-state index contributed by atoms with van der Waals surface area (Å²) in [5.41, 5.74) is -0.356. The van der Waals surface area contributed by atoms with E-state index in [9.17, 15) is 47.9 Å². The first-order chi connectivity index (χ1) is 53.1. The van der Waals surface area contributed by atoms with Crippen molar-refractivity contribution in [3.63, 3.8) is 0 Å². The number of halogens is 3. The van der Waals surface area contributed by atoms with Crippen LogP contribution in [0.5, 0.6) is 0 Å². The van der Waals surface area contributed by atoms with Gasteiger partial charge in [0.2, 0.25) is 12.2 Å². The molecule has 570 valence electrons. The van der Waals surface area contributed by atoms with E-state index in [0.717, 1.165) is 13.8 Å². The van der Waals surface area contributed by atoms with E-state index in [2.05, 4.69) is 0 Å². The fraction of sp³-hybridized carbons (Fsp3) is 0.263. The van der Waals surface area contributed by atoms with Crippen LogP contribution in [0.1, 0.15) is 96.7 Å². The second-order valence-corrected chi connectivity index (χ2v) is 26.8. The summed E-state index contributed by atoms with van der Waals surface area (Å²) in [5.74, 6) is -11.9. The summed E-state index contributed by atoms with van der Waals surface area (Å²) in [6.45, 7) is -0.932. The molecule has 0 bridgehead atoms. The average Bonchev–Trinajstić information content (AvgIpc) is 0.763. The molecule has 0 saturated carbocycles. The van der Waals surface area contributed by atoms with Crippen molar-refractivity contribution in [1.82, 2.24) is 0 Å². The third-order valence-corrected chi connectivity index (χ3v) is 17.4. The zero-order valence-electron chi connectivity index (χ0n) is 58.1. The molecule has 3 aliphatic heterocycles. The molecule has 0 radical (unpaired) electrons. The number of alkyl halides is 3. The lowest BCUT2D eigenvalue weighted by Gasteiger charge is -2.49. The topological polar surface area (TPSA) is 342 Å². The largest absolute Gasteiger partial charge is 0.459 e. The van der Waals surface area contributed by atoms with Crippen LogP contribution in [0.4, 0.5) is 0 Å². The van der Waals surface area contributed by atoms with E-state index in [1.165, 1.54) is 170 Å². The van der Waals surface area contributed by atoms with Crippen LogP contribution in [0, 0.1) is 5.41 Å².